The summed E-state index contributed by atoms with van der Waals surface area (Å²) in [6.07, 6.45) is -4.02. The summed E-state index contributed by atoms with van der Waals surface area (Å²) in [4.78, 5) is 9.55. The summed E-state index contributed by atoms with van der Waals surface area (Å²) < 4.78 is 37.7. The number of hydrogen-bond acceptors (Lipinski definition) is 2. The lowest BCUT2D eigenvalue weighted by atomic mass is 10.1. The Hall–Kier alpha value is -1.32. The van der Waals surface area contributed by atoms with Crippen molar-refractivity contribution in [2.75, 3.05) is 0 Å². The van der Waals surface area contributed by atoms with Gasteiger partial charge in [0.15, 0.2) is 0 Å². The maximum Gasteiger partial charge on any atom is 0.432 e. The molecular formula is C9H5ClF3NO. The molecule has 0 radical (unpaired) electrons. The zero-order valence-electron chi connectivity index (χ0n) is 7.25. The summed E-state index contributed by atoms with van der Waals surface area (Å²) in [5.74, 6) is 0. The molecule has 0 saturated heterocycles. The fourth-order valence-electron chi connectivity index (χ4n) is 1.01. The van der Waals surface area contributed by atoms with Crippen LogP contribution in [0.3, 0.4) is 0 Å². The highest BCUT2D eigenvalue weighted by Crippen LogP contribution is 2.45. The van der Waals surface area contributed by atoms with Gasteiger partial charge in [0.1, 0.15) is 0 Å². The van der Waals surface area contributed by atoms with Gasteiger partial charge >= 0.3 is 6.18 Å². The second kappa shape index (κ2) is 4.04. The Morgan fingerprint density at radius 3 is 2.13 bits per heavy atom. The molecule has 0 aliphatic heterocycles. The minimum Gasteiger partial charge on any atom is -0.211 e. The molecule has 1 rings (SSSR count). The first-order valence-corrected chi connectivity index (χ1v) is 4.20. The van der Waals surface area contributed by atoms with E-state index in [0.29, 0.717) is 0 Å². The molecule has 0 spiro atoms. The van der Waals surface area contributed by atoms with Crippen molar-refractivity contribution in [2.24, 2.45) is 4.99 Å². The number of nitrogens with zero attached hydrogens (tertiary/aromatic N) is 1. The summed E-state index contributed by atoms with van der Waals surface area (Å²) in [6, 6.07) is 6.56. The highest BCUT2D eigenvalue weighted by molar-refractivity contribution is 6.24. The third-order valence-electron chi connectivity index (χ3n) is 1.73. The molecule has 0 bridgehead atoms. The molecule has 0 aromatic heterocycles. The zero-order chi connectivity index (χ0) is 11.5. The fourth-order valence-corrected chi connectivity index (χ4v) is 1.17. The number of rotatable bonds is 2. The summed E-state index contributed by atoms with van der Waals surface area (Å²) in [7, 11) is 0. The summed E-state index contributed by atoms with van der Waals surface area (Å²) >= 11 is 5.29. The van der Waals surface area contributed by atoms with Crippen LogP contribution < -0.4 is 0 Å². The number of alkyl halides is 4. The van der Waals surface area contributed by atoms with Gasteiger partial charge in [-0.2, -0.15) is 18.2 Å². The molecule has 0 aliphatic rings. The van der Waals surface area contributed by atoms with Crippen LogP contribution in [0.25, 0.3) is 0 Å². The van der Waals surface area contributed by atoms with Crippen molar-refractivity contribution < 1.29 is 18.0 Å². The van der Waals surface area contributed by atoms with Gasteiger partial charge in [0.25, 0.3) is 5.00 Å². The van der Waals surface area contributed by atoms with Gasteiger partial charge in [-0.25, -0.2) is 4.79 Å². The summed E-state index contributed by atoms with van der Waals surface area (Å²) in [5.41, 5.74) is -0.317. The molecule has 0 saturated carbocycles. The van der Waals surface area contributed by atoms with Crippen LogP contribution in [0.15, 0.2) is 35.3 Å². The molecular weight excluding hydrogens is 231 g/mol. The highest BCUT2D eigenvalue weighted by atomic mass is 35.5. The Labute approximate surface area is 88.4 Å². The van der Waals surface area contributed by atoms with Gasteiger partial charge in [-0.05, 0) is 0 Å². The van der Waals surface area contributed by atoms with Crippen LogP contribution in [0.5, 0.6) is 0 Å². The largest absolute Gasteiger partial charge is 0.432 e. The minimum atomic E-state index is -4.85. The molecule has 80 valence electrons. The first kappa shape index (κ1) is 11.8. The summed E-state index contributed by atoms with van der Waals surface area (Å²) in [5, 5.41) is 0. The number of carbonyl (C=O) groups excluding carboxylic acids is 1. The van der Waals surface area contributed by atoms with E-state index in [-0.39, 0.29) is 5.56 Å². The van der Waals surface area contributed by atoms with Crippen molar-refractivity contribution >= 4 is 17.7 Å². The van der Waals surface area contributed by atoms with E-state index in [4.69, 9.17) is 11.6 Å². The van der Waals surface area contributed by atoms with Crippen molar-refractivity contribution in [3.8, 4) is 0 Å². The van der Waals surface area contributed by atoms with E-state index in [9.17, 15) is 18.0 Å². The van der Waals surface area contributed by atoms with Gasteiger partial charge in [-0.1, -0.05) is 41.9 Å². The normalized spacial score (nSPS) is 15.2. The molecule has 0 heterocycles. The second-order valence-corrected chi connectivity index (χ2v) is 3.24. The van der Waals surface area contributed by atoms with Crippen LogP contribution in [-0.2, 0) is 9.79 Å². The molecule has 2 nitrogen and oxygen atoms in total. The van der Waals surface area contributed by atoms with Gasteiger partial charge in [0.05, 0.1) is 0 Å². The molecule has 1 atom stereocenters. The van der Waals surface area contributed by atoms with Crippen LogP contribution in [0.1, 0.15) is 5.56 Å². The van der Waals surface area contributed by atoms with E-state index in [1.165, 1.54) is 18.2 Å². The predicted octanol–water partition coefficient (Wildman–Crippen LogP) is 2.98. The molecule has 1 aromatic carbocycles. The molecule has 15 heavy (non-hydrogen) atoms. The van der Waals surface area contributed by atoms with Crippen molar-refractivity contribution in [1.82, 2.24) is 0 Å². The number of aliphatic imine (C=N–C) groups is 1. The summed E-state index contributed by atoms with van der Waals surface area (Å²) in [6.45, 7) is 0. The standard InChI is InChI=1S/C9H5ClF3NO/c10-8(14-6-15,9(11,12)13)7-4-2-1-3-5-7/h1-5H/t8-/m1/s1. The second-order valence-electron chi connectivity index (χ2n) is 2.69. The maximum atomic E-state index is 12.6. The molecule has 0 unspecified atom stereocenters. The molecule has 6 heteroatoms. The maximum absolute atomic E-state index is 12.6. The van der Waals surface area contributed by atoms with E-state index in [1.807, 2.05) is 0 Å². The van der Waals surface area contributed by atoms with E-state index in [1.54, 1.807) is 0 Å². The van der Waals surface area contributed by atoms with Crippen LogP contribution in [0.2, 0.25) is 0 Å². The number of isocyanates is 1. The number of hydrogen-bond donors (Lipinski definition) is 0. The third kappa shape index (κ3) is 2.19. The van der Waals surface area contributed by atoms with E-state index in [2.05, 4.69) is 4.99 Å². The lowest BCUT2D eigenvalue weighted by Crippen LogP contribution is -2.35. The van der Waals surface area contributed by atoms with E-state index in [0.717, 1.165) is 18.2 Å². The monoisotopic (exact) mass is 235 g/mol. The predicted molar refractivity (Wildman–Crippen MR) is 48.1 cm³/mol. The molecule has 0 fully saturated rings. The number of benzene rings is 1. The van der Waals surface area contributed by atoms with Crippen LogP contribution in [0.4, 0.5) is 13.2 Å². The quantitative estimate of drug-likeness (QED) is 0.335. The highest BCUT2D eigenvalue weighted by Gasteiger charge is 2.55. The molecule has 0 aliphatic carbocycles. The fraction of sp³-hybridized carbons (Fsp3) is 0.222. The van der Waals surface area contributed by atoms with Gasteiger partial charge in [-0.3, -0.25) is 0 Å². The van der Waals surface area contributed by atoms with Gasteiger partial charge < -0.3 is 0 Å². The molecule has 1 aromatic rings. The Balaban J connectivity index is 3.32. The van der Waals surface area contributed by atoms with Crippen LogP contribution in [0, 0.1) is 0 Å². The van der Waals surface area contributed by atoms with E-state index < -0.39 is 11.2 Å². The van der Waals surface area contributed by atoms with Crippen molar-refractivity contribution in [1.29, 1.82) is 0 Å². The lowest BCUT2D eigenvalue weighted by Gasteiger charge is -2.23. The Morgan fingerprint density at radius 1 is 1.20 bits per heavy atom. The lowest BCUT2D eigenvalue weighted by molar-refractivity contribution is -0.162. The molecule has 0 amide bonds. The smallest absolute Gasteiger partial charge is 0.211 e. The average molecular weight is 236 g/mol. The Morgan fingerprint density at radius 2 is 1.73 bits per heavy atom. The third-order valence-corrected chi connectivity index (χ3v) is 2.25. The minimum absolute atomic E-state index is 0.317. The van der Waals surface area contributed by atoms with Crippen molar-refractivity contribution in [3.05, 3.63) is 35.9 Å². The first-order valence-electron chi connectivity index (χ1n) is 3.82. The average Bonchev–Trinajstić information content (AvgIpc) is 2.18. The van der Waals surface area contributed by atoms with Crippen LogP contribution >= 0.6 is 11.6 Å². The van der Waals surface area contributed by atoms with Gasteiger partial charge in [-0.15, -0.1) is 0 Å². The van der Waals surface area contributed by atoms with E-state index >= 15 is 0 Å². The Kier molecular flexibility index (Phi) is 3.17. The van der Waals surface area contributed by atoms with Crippen molar-refractivity contribution in [2.45, 2.75) is 11.2 Å². The zero-order valence-corrected chi connectivity index (χ0v) is 8.01. The van der Waals surface area contributed by atoms with Crippen molar-refractivity contribution in [3.63, 3.8) is 0 Å². The van der Waals surface area contributed by atoms with Gasteiger partial charge in [0.2, 0.25) is 6.08 Å². The van der Waals surface area contributed by atoms with Gasteiger partial charge in [0, 0.05) is 5.56 Å². The SMILES string of the molecule is O=C=N[C@](Cl)(c1ccccc1)C(F)(F)F. The van der Waals surface area contributed by atoms with Crippen LogP contribution in [-0.4, -0.2) is 12.3 Å². The number of halogens is 4. The topological polar surface area (TPSA) is 29.4 Å². The first-order chi connectivity index (χ1) is 6.92. The molecule has 0 N–H and O–H groups in total. The Bertz CT molecular complexity index is 386.